The Morgan fingerprint density at radius 1 is 1.28 bits per heavy atom. The minimum absolute atomic E-state index is 0.195. The van der Waals surface area contributed by atoms with Crippen molar-refractivity contribution >= 4 is 11.6 Å². The summed E-state index contributed by atoms with van der Waals surface area (Å²) in [7, 11) is 0. The van der Waals surface area contributed by atoms with Crippen LogP contribution in [0.15, 0.2) is 12.1 Å². The smallest absolute Gasteiger partial charge is 0.241 e. The van der Waals surface area contributed by atoms with E-state index in [1.807, 2.05) is 13.8 Å². The van der Waals surface area contributed by atoms with Crippen molar-refractivity contribution in [2.45, 2.75) is 26.3 Å². The van der Waals surface area contributed by atoms with Gasteiger partial charge in [0.1, 0.15) is 0 Å². The van der Waals surface area contributed by atoms with Gasteiger partial charge < -0.3 is 11.1 Å². The van der Waals surface area contributed by atoms with Crippen molar-refractivity contribution in [3.63, 3.8) is 0 Å². The molecule has 1 aromatic carbocycles. The highest BCUT2D eigenvalue weighted by molar-refractivity contribution is 5.94. The third-order valence-corrected chi connectivity index (χ3v) is 2.36. The lowest BCUT2D eigenvalue weighted by Gasteiger charge is -2.14. The zero-order valence-corrected chi connectivity index (χ0v) is 10.1. The van der Waals surface area contributed by atoms with Gasteiger partial charge in [-0.25, -0.2) is 13.2 Å². The molecular formula is C12H15F3N2O. The highest BCUT2D eigenvalue weighted by atomic mass is 19.2. The van der Waals surface area contributed by atoms with Gasteiger partial charge in [0.15, 0.2) is 17.5 Å². The van der Waals surface area contributed by atoms with Crippen LogP contribution in [0.4, 0.5) is 18.9 Å². The molecule has 0 heterocycles. The van der Waals surface area contributed by atoms with Crippen LogP contribution in [0.1, 0.15) is 20.3 Å². The molecule has 0 saturated heterocycles. The highest BCUT2D eigenvalue weighted by Crippen LogP contribution is 2.20. The van der Waals surface area contributed by atoms with Crippen LogP contribution in [0.3, 0.4) is 0 Å². The summed E-state index contributed by atoms with van der Waals surface area (Å²) in [4.78, 5) is 11.6. The molecule has 0 saturated carbocycles. The van der Waals surface area contributed by atoms with Crippen LogP contribution < -0.4 is 11.1 Å². The van der Waals surface area contributed by atoms with E-state index in [4.69, 9.17) is 5.73 Å². The zero-order valence-electron chi connectivity index (χ0n) is 10.1. The summed E-state index contributed by atoms with van der Waals surface area (Å²) in [5, 5.41) is 2.14. The Labute approximate surface area is 103 Å². The lowest BCUT2D eigenvalue weighted by Crippen LogP contribution is -2.36. The van der Waals surface area contributed by atoms with Crippen molar-refractivity contribution in [1.82, 2.24) is 0 Å². The van der Waals surface area contributed by atoms with Crippen LogP contribution in [-0.4, -0.2) is 11.9 Å². The second kappa shape index (κ2) is 5.86. The van der Waals surface area contributed by atoms with Crippen LogP contribution in [0.2, 0.25) is 0 Å². The van der Waals surface area contributed by atoms with Crippen molar-refractivity contribution in [3.05, 3.63) is 29.6 Å². The zero-order chi connectivity index (χ0) is 13.9. The molecule has 18 heavy (non-hydrogen) atoms. The third-order valence-electron chi connectivity index (χ3n) is 2.36. The van der Waals surface area contributed by atoms with E-state index in [-0.39, 0.29) is 5.92 Å². The van der Waals surface area contributed by atoms with Crippen LogP contribution in [0.25, 0.3) is 0 Å². The summed E-state index contributed by atoms with van der Waals surface area (Å²) < 4.78 is 38.9. The van der Waals surface area contributed by atoms with Gasteiger partial charge >= 0.3 is 0 Å². The molecular weight excluding hydrogens is 245 g/mol. The van der Waals surface area contributed by atoms with E-state index in [1.54, 1.807) is 0 Å². The van der Waals surface area contributed by atoms with E-state index in [2.05, 4.69) is 5.32 Å². The normalized spacial score (nSPS) is 12.6. The number of amides is 1. The second-order valence-corrected chi connectivity index (χ2v) is 4.45. The molecule has 1 unspecified atom stereocenters. The molecule has 0 bridgehead atoms. The van der Waals surface area contributed by atoms with Gasteiger partial charge in [0.2, 0.25) is 5.91 Å². The van der Waals surface area contributed by atoms with E-state index in [0.717, 1.165) is 12.1 Å². The summed E-state index contributed by atoms with van der Waals surface area (Å²) in [6.07, 6.45) is 0.414. The first-order valence-electron chi connectivity index (χ1n) is 5.52. The lowest BCUT2D eigenvalue weighted by molar-refractivity contribution is -0.117. The maximum absolute atomic E-state index is 13.3. The van der Waals surface area contributed by atoms with E-state index in [9.17, 15) is 18.0 Å². The molecule has 100 valence electrons. The Morgan fingerprint density at radius 2 is 1.89 bits per heavy atom. The van der Waals surface area contributed by atoms with E-state index in [0.29, 0.717) is 6.42 Å². The van der Waals surface area contributed by atoms with Crippen molar-refractivity contribution < 1.29 is 18.0 Å². The largest absolute Gasteiger partial charge is 0.322 e. The minimum Gasteiger partial charge on any atom is -0.322 e. The van der Waals surface area contributed by atoms with Crippen molar-refractivity contribution in [1.29, 1.82) is 0 Å². The van der Waals surface area contributed by atoms with Crippen LogP contribution in [-0.2, 0) is 4.79 Å². The molecule has 0 aliphatic carbocycles. The molecule has 6 heteroatoms. The Balaban J connectivity index is 2.79. The molecule has 3 nitrogen and oxygen atoms in total. The molecule has 0 aliphatic heterocycles. The number of rotatable bonds is 4. The van der Waals surface area contributed by atoms with Crippen molar-refractivity contribution in [2.24, 2.45) is 11.7 Å². The fraction of sp³-hybridized carbons (Fsp3) is 0.417. The third kappa shape index (κ3) is 3.46. The Bertz CT molecular complexity index is 449. The topological polar surface area (TPSA) is 55.1 Å². The summed E-state index contributed by atoms with van der Waals surface area (Å²) >= 11 is 0. The van der Waals surface area contributed by atoms with Gasteiger partial charge in [0.25, 0.3) is 0 Å². The summed E-state index contributed by atoms with van der Waals surface area (Å²) in [5.41, 5.74) is 5.16. The van der Waals surface area contributed by atoms with Gasteiger partial charge in [-0.1, -0.05) is 13.8 Å². The van der Waals surface area contributed by atoms with E-state index in [1.165, 1.54) is 0 Å². The molecule has 1 aromatic rings. The molecule has 3 N–H and O–H groups in total. The number of benzene rings is 1. The quantitative estimate of drug-likeness (QED) is 0.817. The Kier molecular flexibility index (Phi) is 4.72. The molecule has 1 atom stereocenters. The van der Waals surface area contributed by atoms with Gasteiger partial charge in [-0.05, 0) is 24.5 Å². The van der Waals surface area contributed by atoms with Gasteiger partial charge in [0, 0.05) is 0 Å². The SMILES string of the molecule is CC(C)CC(N)C(=O)Nc1ccc(F)c(F)c1F. The summed E-state index contributed by atoms with van der Waals surface area (Å²) in [6.45, 7) is 3.76. The molecule has 0 aliphatic rings. The number of hydrogen-bond donors (Lipinski definition) is 2. The van der Waals surface area contributed by atoms with Gasteiger partial charge in [0.05, 0.1) is 11.7 Å². The number of carbonyl (C=O) groups excluding carboxylic acids is 1. The van der Waals surface area contributed by atoms with E-state index < -0.39 is 35.1 Å². The molecule has 1 rings (SSSR count). The molecule has 1 amide bonds. The van der Waals surface area contributed by atoms with Gasteiger partial charge in [-0.2, -0.15) is 0 Å². The maximum atomic E-state index is 13.3. The minimum atomic E-state index is -1.62. The molecule has 0 aromatic heterocycles. The number of nitrogens with two attached hydrogens (primary N) is 1. The first-order chi connectivity index (χ1) is 8.32. The average molecular weight is 260 g/mol. The lowest BCUT2D eigenvalue weighted by atomic mass is 10.0. The Morgan fingerprint density at radius 3 is 2.44 bits per heavy atom. The van der Waals surface area contributed by atoms with Crippen LogP contribution >= 0.6 is 0 Å². The van der Waals surface area contributed by atoms with Crippen LogP contribution in [0, 0.1) is 23.4 Å². The molecule has 0 fully saturated rings. The molecule has 0 spiro atoms. The number of hydrogen-bond acceptors (Lipinski definition) is 2. The standard InChI is InChI=1S/C12H15F3N2O/c1-6(2)5-8(16)12(18)17-9-4-3-7(13)10(14)11(9)15/h3-4,6,8H,5,16H2,1-2H3,(H,17,18). The van der Waals surface area contributed by atoms with Crippen molar-refractivity contribution in [3.8, 4) is 0 Å². The molecule has 0 radical (unpaired) electrons. The summed E-state index contributed by atoms with van der Waals surface area (Å²) in [6, 6.07) is 0.868. The number of anilines is 1. The first kappa shape index (κ1) is 14.5. The number of nitrogens with one attached hydrogen (secondary N) is 1. The first-order valence-corrected chi connectivity index (χ1v) is 5.52. The van der Waals surface area contributed by atoms with Crippen LogP contribution in [0.5, 0.6) is 0 Å². The Hall–Kier alpha value is -1.56. The van der Waals surface area contributed by atoms with Crippen molar-refractivity contribution in [2.75, 3.05) is 5.32 Å². The monoisotopic (exact) mass is 260 g/mol. The number of carbonyl (C=O) groups is 1. The second-order valence-electron chi connectivity index (χ2n) is 4.45. The average Bonchev–Trinajstić information content (AvgIpc) is 2.29. The maximum Gasteiger partial charge on any atom is 0.241 e. The predicted octanol–water partition coefficient (Wildman–Crippen LogP) is 2.42. The fourth-order valence-electron chi connectivity index (χ4n) is 1.46. The van der Waals surface area contributed by atoms with E-state index >= 15 is 0 Å². The highest BCUT2D eigenvalue weighted by Gasteiger charge is 2.19. The predicted molar refractivity (Wildman–Crippen MR) is 62.4 cm³/mol. The van der Waals surface area contributed by atoms with Gasteiger partial charge in [-0.3, -0.25) is 4.79 Å². The fourth-order valence-corrected chi connectivity index (χ4v) is 1.46. The van der Waals surface area contributed by atoms with Gasteiger partial charge in [-0.15, -0.1) is 0 Å². The summed E-state index contributed by atoms with van der Waals surface area (Å²) in [5.74, 6) is -4.79. The number of halogens is 3.